The first kappa shape index (κ1) is 13.5. The molecule has 1 atom stereocenters. The van der Waals surface area contributed by atoms with Crippen molar-refractivity contribution < 1.29 is 9.31 Å². The SMILES string of the molecule is NCCCC[C@H](N)c1cc(F)ccc1[N+](=O)[O-]. The summed E-state index contributed by atoms with van der Waals surface area (Å²) in [7, 11) is 0. The molecule has 6 heteroatoms. The van der Waals surface area contributed by atoms with Gasteiger partial charge in [-0.15, -0.1) is 0 Å². The Bertz CT molecular complexity index is 398. The summed E-state index contributed by atoms with van der Waals surface area (Å²) in [4.78, 5) is 10.2. The van der Waals surface area contributed by atoms with Crippen molar-refractivity contribution in [3.8, 4) is 0 Å². The first-order valence-electron chi connectivity index (χ1n) is 5.45. The van der Waals surface area contributed by atoms with Crippen LogP contribution in [-0.4, -0.2) is 11.5 Å². The minimum Gasteiger partial charge on any atom is -0.330 e. The van der Waals surface area contributed by atoms with E-state index in [1.807, 2.05) is 0 Å². The zero-order valence-corrected chi connectivity index (χ0v) is 9.43. The predicted octanol–water partition coefficient (Wildman–Crippen LogP) is 1.86. The molecule has 0 aliphatic heterocycles. The van der Waals surface area contributed by atoms with Crippen molar-refractivity contribution in [1.29, 1.82) is 0 Å². The summed E-state index contributed by atoms with van der Waals surface area (Å²) >= 11 is 0. The Morgan fingerprint density at radius 2 is 2.12 bits per heavy atom. The summed E-state index contributed by atoms with van der Waals surface area (Å²) in [5, 5.41) is 10.8. The van der Waals surface area contributed by atoms with Crippen LogP contribution in [-0.2, 0) is 0 Å². The molecule has 0 bridgehead atoms. The second kappa shape index (κ2) is 6.27. The molecule has 0 spiro atoms. The normalized spacial score (nSPS) is 12.4. The quantitative estimate of drug-likeness (QED) is 0.451. The Labute approximate surface area is 98.8 Å². The number of benzene rings is 1. The van der Waals surface area contributed by atoms with Crippen LogP contribution in [0.2, 0.25) is 0 Å². The maximum Gasteiger partial charge on any atom is 0.274 e. The van der Waals surface area contributed by atoms with Crippen LogP contribution in [0, 0.1) is 15.9 Å². The molecule has 0 saturated heterocycles. The van der Waals surface area contributed by atoms with Crippen LogP contribution >= 0.6 is 0 Å². The van der Waals surface area contributed by atoms with Crippen molar-refractivity contribution >= 4 is 5.69 Å². The summed E-state index contributed by atoms with van der Waals surface area (Å²) in [6.45, 7) is 0.554. The lowest BCUT2D eigenvalue weighted by Crippen LogP contribution is -2.13. The van der Waals surface area contributed by atoms with Crippen molar-refractivity contribution in [2.75, 3.05) is 6.54 Å². The van der Waals surface area contributed by atoms with Gasteiger partial charge < -0.3 is 11.5 Å². The van der Waals surface area contributed by atoms with Crippen LogP contribution in [0.15, 0.2) is 18.2 Å². The van der Waals surface area contributed by atoms with Gasteiger partial charge >= 0.3 is 0 Å². The first-order valence-corrected chi connectivity index (χ1v) is 5.45. The van der Waals surface area contributed by atoms with Gasteiger partial charge in [-0.2, -0.15) is 0 Å². The van der Waals surface area contributed by atoms with Crippen LogP contribution in [0.1, 0.15) is 30.9 Å². The summed E-state index contributed by atoms with van der Waals surface area (Å²) < 4.78 is 13.1. The van der Waals surface area contributed by atoms with E-state index in [1.165, 1.54) is 0 Å². The lowest BCUT2D eigenvalue weighted by atomic mass is 10.00. The maximum absolute atomic E-state index is 13.1. The number of halogens is 1. The molecule has 0 heterocycles. The Kier molecular flexibility index (Phi) is 4.99. The highest BCUT2D eigenvalue weighted by Gasteiger charge is 2.19. The monoisotopic (exact) mass is 241 g/mol. The molecular formula is C11H16FN3O2. The largest absolute Gasteiger partial charge is 0.330 e. The van der Waals surface area contributed by atoms with Gasteiger partial charge in [-0.05, 0) is 31.5 Å². The Morgan fingerprint density at radius 3 is 2.71 bits per heavy atom. The fourth-order valence-corrected chi connectivity index (χ4v) is 1.65. The third-order valence-corrected chi connectivity index (χ3v) is 2.55. The molecular weight excluding hydrogens is 225 g/mol. The highest BCUT2D eigenvalue weighted by atomic mass is 19.1. The molecule has 0 unspecified atom stereocenters. The maximum atomic E-state index is 13.1. The fraction of sp³-hybridized carbons (Fsp3) is 0.455. The zero-order chi connectivity index (χ0) is 12.8. The number of nitro benzene ring substituents is 1. The molecule has 0 aliphatic carbocycles. The highest BCUT2D eigenvalue weighted by molar-refractivity contribution is 5.42. The van der Waals surface area contributed by atoms with Gasteiger partial charge in [0.2, 0.25) is 0 Å². The average Bonchev–Trinajstić information content (AvgIpc) is 2.28. The van der Waals surface area contributed by atoms with E-state index in [9.17, 15) is 14.5 Å². The molecule has 1 rings (SSSR count). The van der Waals surface area contributed by atoms with E-state index in [4.69, 9.17) is 11.5 Å². The Morgan fingerprint density at radius 1 is 1.41 bits per heavy atom. The van der Waals surface area contributed by atoms with Crippen molar-refractivity contribution in [1.82, 2.24) is 0 Å². The Balaban J connectivity index is 2.86. The molecule has 0 aromatic heterocycles. The molecule has 94 valence electrons. The molecule has 0 fully saturated rings. The molecule has 0 saturated carbocycles. The smallest absolute Gasteiger partial charge is 0.274 e. The standard InChI is InChI=1S/C11H16FN3O2/c12-8-4-5-11(15(16)17)9(7-8)10(14)3-1-2-6-13/h4-5,7,10H,1-3,6,13-14H2/t10-/m0/s1. The minimum absolute atomic E-state index is 0.133. The van der Waals surface area contributed by atoms with Gasteiger partial charge in [-0.1, -0.05) is 6.42 Å². The summed E-state index contributed by atoms with van der Waals surface area (Å²) in [6.07, 6.45) is 2.13. The zero-order valence-electron chi connectivity index (χ0n) is 9.43. The van der Waals surface area contributed by atoms with Gasteiger partial charge in [0.25, 0.3) is 5.69 Å². The molecule has 5 nitrogen and oxygen atoms in total. The Hall–Kier alpha value is -1.53. The van der Waals surface area contributed by atoms with Crippen LogP contribution in [0.5, 0.6) is 0 Å². The van der Waals surface area contributed by atoms with Gasteiger partial charge in [0.05, 0.1) is 4.92 Å². The molecule has 0 amide bonds. The van der Waals surface area contributed by atoms with Crippen LogP contribution in [0.25, 0.3) is 0 Å². The van der Waals surface area contributed by atoms with E-state index in [0.717, 1.165) is 31.0 Å². The number of nitrogens with two attached hydrogens (primary N) is 2. The number of hydrogen-bond acceptors (Lipinski definition) is 4. The molecule has 1 aromatic carbocycles. The van der Waals surface area contributed by atoms with E-state index < -0.39 is 16.8 Å². The van der Waals surface area contributed by atoms with Crippen molar-refractivity contribution in [3.63, 3.8) is 0 Å². The fourth-order valence-electron chi connectivity index (χ4n) is 1.65. The van der Waals surface area contributed by atoms with Crippen molar-refractivity contribution in [3.05, 3.63) is 39.7 Å². The van der Waals surface area contributed by atoms with Crippen LogP contribution in [0.3, 0.4) is 0 Å². The number of nitrogens with zero attached hydrogens (tertiary/aromatic N) is 1. The predicted molar refractivity (Wildman–Crippen MR) is 62.9 cm³/mol. The molecule has 17 heavy (non-hydrogen) atoms. The van der Waals surface area contributed by atoms with Crippen molar-refractivity contribution in [2.45, 2.75) is 25.3 Å². The van der Waals surface area contributed by atoms with Gasteiger partial charge in [-0.25, -0.2) is 4.39 Å². The number of nitro groups is 1. The summed E-state index contributed by atoms with van der Waals surface area (Å²) in [5.41, 5.74) is 11.3. The third kappa shape index (κ3) is 3.76. The molecule has 0 radical (unpaired) electrons. The van der Waals surface area contributed by atoms with E-state index in [2.05, 4.69) is 0 Å². The van der Waals surface area contributed by atoms with Crippen LogP contribution < -0.4 is 11.5 Å². The lowest BCUT2D eigenvalue weighted by Gasteiger charge is -2.12. The van der Waals surface area contributed by atoms with Crippen LogP contribution in [0.4, 0.5) is 10.1 Å². The van der Waals surface area contributed by atoms with Gasteiger partial charge in [0.15, 0.2) is 0 Å². The van der Waals surface area contributed by atoms with Gasteiger partial charge in [0.1, 0.15) is 5.82 Å². The topological polar surface area (TPSA) is 95.2 Å². The molecule has 4 N–H and O–H groups in total. The van der Waals surface area contributed by atoms with Gasteiger partial charge in [-0.3, -0.25) is 10.1 Å². The van der Waals surface area contributed by atoms with E-state index >= 15 is 0 Å². The van der Waals surface area contributed by atoms with E-state index in [1.54, 1.807) is 0 Å². The lowest BCUT2D eigenvalue weighted by molar-refractivity contribution is -0.385. The average molecular weight is 241 g/mol. The number of rotatable bonds is 6. The second-order valence-corrected chi connectivity index (χ2v) is 3.85. The van der Waals surface area contributed by atoms with E-state index in [0.29, 0.717) is 13.0 Å². The molecule has 1 aromatic rings. The third-order valence-electron chi connectivity index (χ3n) is 2.55. The van der Waals surface area contributed by atoms with Gasteiger partial charge in [0, 0.05) is 17.7 Å². The highest BCUT2D eigenvalue weighted by Crippen LogP contribution is 2.27. The number of unbranched alkanes of at least 4 members (excludes halogenated alkanes) is 1. The number of hydrogen-bond donors (Lipinski definition) is 2. The summed E-state index contributed by atoms with van der Waals surface area (Å²) in [5.74, 6) is -0.514. The van der Waals surface area contributed by atoms with Crippen molar-refractivity contribution in [2.24, 2.45) is 11.5 Å². The van der Waals surface area contributed by atoms with E-state index in [-0.39, 0.29) is 11.3 Å². The molecule has 0 aliphatic rings. The second-order valence-electron chi connectivity index (χ2n) is 3.85. The first-order chi connectivity index (χ1) is 8.06. The summed E-state index contributed by atoms with van der Waals surface area (Å²) in [6, 6.07) is 2.81. The minimum atomic E-state index is -0.544.